The van der Waals surface area contributed by atoms with Crippen LogP contribution in [-0.4, -0.2) is 20.7 Å². The van der Waals surface area contributed by atoms with Gasteiger partial charge >= 0.3 is 0 Å². The third-order valence-electron chi connectivity index (χ3n) is 2.36. The second-order valence-electron chi connectivity index (χ2n) is 3.56. The van der Waals surface area contributed by atoms with E-state index in [1.807, 2.05) is 11.8 Å². The minimum Gasteiger partial charge on any atom is -0.368 e. The van der Waals surface area contributed by atoms with Crippen molar-refractivity contribution in [3.63, 3.8) is 0 Å². The molecule has 0 aromatic carbocycles. The summed E-state index contributed by atoms with van der Waals surface area (Å²) in [6.07, 6.45) is 2.26. The Morgan fingerprint density at radius 1 is 1.21 bits per heavy atom. The summed E-state index contributed by atoms with van der Waals surface area (Å²) >= 11 is 1.85. The zero-order chi connectivity index (χ0) is 10.2. The first-order valence-electron chi connectivity index (χ1n) is 4.52. The van der Waals surface area contributed by atoms with Gasteiger partial charge in [-0.2, -0.15) is 15.0 Å². The van der Waals surface area contributed by atoms with E-state index in [1.54, 1.807) is 0 Å². The van der Waals surface area contributed by atoms with Crippen molar-refractivity contribution in [2.75, 3.05) is 17.2 Å². The van der Waals surface area contributed by atoms with Gasteiger partial charge in [-0.05, 0) is 25.5 Å². The summed E-state index contributed by atoms with van der Waals surface area (Å²) in [5.74, 6) is 2.27. The molecule has 1 aromatic heterocycles. The van der Waals surface area contributed by atoms with E-state index in [-0.39, 0.29) is 16.6 Å². The van der Waals surface area contributed by atoms with Gasteiger partial charge in [0.1, 0.15) is 0 Å². The molecule has 0 aliphatic carbocycles. The Labute approximate surface area is 86.7 Å². The van der Waals surface area contributed by atoms with Gasteiger partial charge in [0.25, 0.3) is 0 Å². The van der Waals surface area contributed by atoms with Crippen molar-refractivity contribution in [3.8, 4) is 0 Å². The Morgan fingerprint density at radius 3 is 2.36 bits per heavy atom. The van der Waals surface area contributed by atoms with Crippen molar-refractivity contribution >= 4 is 23.7 Å². The van der Waals surface area contributed by atoms with E-state index in [4.69, 9.17) is 11.5 Å². The molecule has 0 saturated carbocycles. The van der Waals surface area contributed by atoms with E-state index in [2.05, 4.69) is 21.9 Å². The minimum absolute atomic E-state index is 0.0365. The molecule has 1 saturated heterocycles. The molecule has 5 nitrogen and oxygen atoms in total. The van der Waals surface area contributed by atoms with Crippen molar-refractivity contribution in [3.05, 3.63) is 5.82 Å². The fourth-order valence-electron chi connectivity index (χ4n) is 1.60. The maximum atomic E-state index is 5.53. The predicted molar refractivity (Wildman–Crippen MR) is 57.7 cm³/mol. The Morgan fingerprint density at radius 2 is 1.86 bits per heavy atom. The molecule has 2 heterocycles. The highest BCUT2D eigenvalue weighted by atomic mass is 32.2. The summed E-state index contributed by atoms with van der Waals surface area (Å²) in [5.41, 5.74) is 11.1. The minimum atomic E-state index is -0.0365. The maximum absolute atomic E-state index is 5.53. The fourth-order valence-corrected chi connectivity index (χ4v) is 2.85. The molecule has 1 unspecified atom stereocenters. The molecule has 1 atom stereocenters. The van der Waals surface area contributed by atoms with Crippen LogP contribution in [0.25, 0.3) is 0 Å². The number of hydrogen-bond acceptors (Lipinski definition) is 6. The topological polar surface area (TPSA) is 90.7 Å². The van der Waals surface area contributed by atoms with Crippen LogP contribution in [0.5, 0.6) is 0 Å². The summed E-state index contributed by atoms with van der Waals surface area (Å²) in [7, 11) is 0. The van der Waals surface area contributed by atoms with Crippen LogP contribution in [0, 0.1) is 0 Å². The second-order valence-corrected chi connectivity index (χ2v) is 5.16. The predicted octanol–water partition coefficient (Wildman–Crippen LogP) is 0.778. The first-order chi connectivity index (χ1) is 6.60. The SMILES string of the molecule is CC1(c2nc(N)nc(N)n2)CCCS1. The van der Waals surface area contributed by atoms with E-state index in [0.717, 1.165) is 12.2 Å². The number of rotatable bonds is 1. The molecular weight excluding hydrogens is 198 g/mol. The molecule has 1 aliphatic rings. The molecular formula is C8H13N5S. The molecule has 4 N–H and O–H groups in total. The smallest absolute Gasteiger partial charge is 0.225 e. The molecule has 2 rings (SSSR count). The van der Waals surface area contributed by atoms with Gasteiger partial charge in [0.05, 0.1) is 4.75 Å². The van der Waals surface area contributed by atoms with Gasteiger partial charge < -0.3 is 11.5 Å². The monoisotopic (exact) mass is 211 g/mol. The van der Waals surface area contributed by atoms with Crippen LogP contribution in [0.3, 0.4) is 0 Å². The van der Waals surface area contributed by atoms with Crippen molar-refractivity contribution in [2.24, 2.45) is 0 Å². The van der Waals surface area contributed by atoms with Gasteiger partial charge in [-0.3, -0.25) is 0 Å². The number of nitrogen functional groups attached to an aromatic ring is 2. The van der Waals surface area contributed by atoms with Crippen molar-refractivity contribution in [1.29, 1.82) is 0 Å². The first-order valence-corrected chi connectivity index (χ1v) is 5.50. The molecule has 14 heavy (non-hydrogen) atoms. The Kier molecular flexibility index (Phi) is 2.22. The highest BCUT2D eigenvalue weighted by Crippen LogP contribution is 2.44. The lowest BCUT2D eigenvalue weighted by molar-refractivity contribution is 0.603. The van der Waals surface area contributed by atoms with Crippen LogP contribution in [0.15, 0.2) is 0 Å². The van der Waals surface area contributed by atoms with Crippen LogP contribution in [0.4, 0.5) is 11.9 Å². The largest absolute Gasteiger partial charge is 0.368 e. The quantitative estimate of drug-likeness (QED) is 0.713. The van der Waals surface area contributed by atoms with Gasteiger partial charge in [0.15, 0.2) is 5.82 Å². The molecule has 1 aromatic rings. The van der Waals surface area contributed by atoms with Gasteiger partial charge in [-0.1, -0.05) is 0 Å². The number of hydrogen-bond donors (Lipinski definition) is 2. The van der Waals surface area contributed by atoms with Crippen molar-refractivity contribution < 1.29 is 0 Å². The highest BCUT2D eigenvalue weighted by molar-refractivity contribution is 8.00. The van der Waals surface area contributed by atoms with Gasteiger partial charge in [-0.25, -0.2) is 0 Å². The number of anilines is 2. The number of nitrogens with two attached hydrogens (primary N) is 2. The normalized spacial score (nSPS) is 26.6. The van der Waals surface area contributed by atoms with Gasteiger partial charge in [-0.15, -0.1) is 11.8 Å². The lowest BCUT2D eigenvalue weighted by Crippen LogP contribution is -2.20. The van der Waals surface area contributed by atoms with Crippen LogP contribution in [0.2, 0.25) is 0 Å². The van der Waals surface area contributed by atoms with Crippen LogP contribution in [0.1, 0.15) is 25.6 Å². The van der Waals surface area contributed by atoms with E-state index in [9.17, 15) is 0 Å². The molecule has 1 aliphatic heterocycles. The van der Waals surface area contributed by atoms with Crippen LogP contribution in [-0.2, 0) is 4.75 Å². The van der Waals surface area contributed by atoms with Crippen molar-refractivity contribution in [2.45, 2.75) is 24.5 Å². The summed E-state index contributed by atoms with van der Waals surface area (Å²) in [6, 6.07) is 0. The fraction of sp³-hybridized carbons (Fsp3) is 0.625. The first kappa shape index (κ1) is 9.51. The summed E-state index contributed by atoms with van der Waals surface area (Å²) < 4.78 is -0.0365. The van der Waals surface area contributed by atoms with Gasteiger partial charge in [0.2, 0.25) is 11.9 Å². The molecule has 0 radical (unpaired) electrons. The van der Waals surface area contributed by atoms with Crippen LogP contribution < -0.4 is 11.5 Å². The average molecular weight is 211 g/mol. The van der Waals surface area contributed by atoms with E-state index in [1.165, 1.54) is 6.42 Å². The maximum Gasteiger partial charge on any atom is 0.225 e. The molecule has 0 bridgehead atoms. The van der Waals surface area contributed by atoms with E-state index < -0.39 is 0 Å². The molecule has 1 fully saturated rings. The number of nitrogens with zero attached hydrogens (tertiary/aromatic N) is 3. The standard InChI is InChI=1S/C8H13N5S/c1-8(3-2-4-14-8)5-11-6(9)13-7(10)12-5/h2-4H2,1H3,(H4,9,10,11,12,13). The number of thioether (sulfide) groups is 1. The molecule has 0 amide bonds. The third-order valence-corrected chi connectivity index (χ3v) is 3.88. The Bertz CT molecular complexity index is 327. The lowest BCUT2D eigenvalue weighted by atomic mass is 10.1. The summed E-state index contributed by atoms with van der Waals surface area (Å²) in [5, 5.41) is 0. The number of aromatic nitrogens is 3. The summed E-state index contributed by atoms with van der Waals surface area (Å²) in [6.45, 7) is 2.12. The van der Waals surface area contributed by atoms with Crippen molar-refractivity contribution in [1.82, 2.24) is 15.0 Å². The highest BCUT2D eigenvalue weighted by Gasteiger charge is 2.34. The molecule has 76 valence electrons. The average Bonchev–Trinajstić information content (AvgIpc) is 2.52. The Balaban J connectivity index is 2.40. The summed E-state index contributed by atoms with van der Waals surface area (Å²) in [4.78, 5) is 12.0. The Hall–Kier alpha value is -1.04. The van der Waals surface area contributed by atoms with Crippen LogP contribution >= 0.6 is 11.8 Å². The zero-order valence-electron chi connectivity index (χ0n) is 8.03. The van der Waals surface area contributed by atoms with Gasteiger partial charge in [0, 0.05) is 0 Å². The zero-order valence-corrected chi connectivity index (χ0v) is 8.84. The second kappa shape index (κ2) is 3.27. The molecule has 0 spiro atoms. The van der Waals surface area contributed by atoms with E-state index >= 15 is 0 Å². The third kappa shape index (κ3) is 1.61. The van der Waals surface area contributed by atoms with E-state index in [0.29, 0.717) is 5.82 Å². The molecule has 6 heteroatoms. The lowest BCUT2D eigenvalue weighted by Gasteiger charge is -2.20.